The minimum atomic E-state index is -1.08. The number of ketones is 1. The minimum Gasteiger partial charge on any atom is -0.387 e. The highest BCUT2D eigenvalue weighted by Crippen LogP contribution is 2.00. The van der Waals surface area contributed by atoms with Crippen molar-refractivity contribution in [3.63, 3.8) is 0 Å². The Balaban J connectivity index is 3.85. The summed E-state index contributed by atoms with van der Waals surface area (Å²) in [5.74, 6) is -2.37. The monoisotopic (exact) mass is 172 g/mol. The zero-order valence-corrected chi connectivity index (χ0v) is 7.42. The summed E-state index contributed by atoms with van der Waals surface area (Å²) < 4.78 is 4.20. The summed E-state index contributed by atoms with van der Waals surface area (Å²) in [4.78, 5) is 31.7. The predicted molar refractivity (Wildman–Crippen MR) is 41.2 cm³/mol. The van der Waals surface area contributed by atoms with Gasteiger partial charge in [-0.2, -0.15) is 0 Å². The largest absolute Gasteiger partial charge is 0.387 e. The maximum atomic E-state index is 10.8. The van der Waals surface area contributed by atoms with Crippen LogP contribution in [-0.2, 0) is 19.1 Å². The maximum Gasteiger partial charge on any atom is 0.381 e. The first-order valence-corrected chi connectivity index (χ1v) is 3.69. The second-order valence-electron chi connectivity index (χ2n) is 2.92. The fourth-order valence-electron chi connectivity index (χ4n) is 0.550. The highest BCUT2D eigenvalue weighted by Gasteiger charge is 2.15. The van der Waals surface area contributed by atoms with Crippen LogP contribution >= 0.6 is 0 Å². The Morgan fingerprint density at radius 1 is 1.25 bits per heavy atom. The molecule has 0 aliphatic rings. The van der Waals surface area contributed by atoms with Crippen LogP contribution < -0.4 is 0 Å². The van der Waals surface area contributed by atoms with Gasteiger partial charge < -0.3 is 4.74 Å². The third-order valence-corrected chi connectivity index (χ3v) is 1.07. The average Bonchev–Trinajstić information content (AvgIpc) is 1.84. The molecule has 0 bridgehead atoms. The minimum absolute atomic E-state index is 0.122. The molecule has 0 amide bonds. The van der Waals surface area contributed by atoms with Gasteiger partial charge in [-0.05, 0) is 5.92 Å². The van der Waals surface area contributed by atoms with Gasteiger partial charge in [-0.3, -0.25) is 9.59 Å². The van der Waals surface area contributed by atoms with Gasteiger partial charge in [0.1, 0.15) is 0 Å². The fourth-order valence-corrected chi connectivity index (χ4v) is 0.550. The molecule has 4 heteroatoms. The van der Waals surface area contributed by atoms with E-state index in [1.54, 1.807) is 0 Å². The number of Topliss-reactive ketones (excluding diaryl/α,β-unsaturated/α-hetero) is 1. The van der Waals surface area contributed by atoms with Crippen molar-refractivity contribution in [1.82, 2.24) is 0 Å². The van der Waals surface area contributed by atoms with E-state index in [9.17, 15) is 14.4 Å². The Morgan fingerprint density at radius 3 is 2.08 bits per heavy atom. The summed E-state index contributed by atoms with van der Waals surface area (Å²) in [5, 5.41) is 0. The highest BCUT2D eigenvalue weighted by molar-refractivity contribution is 6.34. The van der Waals surface area contributed by atoms with Gasteiger partial charge in [0.15, 0.2) is 0 Å². The van der Waals surface area contributed by atoms with Crippen molar-refractivity contribution in [3.8, 4) is 0 Å². The summed E-state index contributed by atoms with van der Waals surface area (Å²) in [7, 11) is 0. The quantitative estimate of drug-likeness (QED) is 0.357. The lowest BCUT2D eigenvalue weighted by atomic mass is 10.1. The SMILES string of the molecule is CC(=O)C(=O)OC(=O)CC(C)C. The van der Waals surface area contributed by atoms with E-state index in [0.29, 0.717) is 0 Å². The first-order chi connectivity index (χ1) is 5.43. The molecule has 0 unspecified atom stereocenters. The summed E-state index contributed by atoms with van der Waals surface area (Å²) in [5.41, 5.74) is 0. The molecule has 4 nitrogen and oxygen atoms in total. The maximum absolute atomic E-state index is 10.8. The Bertz CT molecular complexity index is 205. The molecule has 0 heterocycles. The predicted octanol–water partition coefficient (Wildman–Crippen LogP) is 0.691. The Morgan fingerprint density at radius 2 is 1.75 bits per heavy atom. The molecule has 0 fully saturated rings. The molecule has 0 aromatic heterocycles. The van der Waals surface area contributed by atoms with Gasteiger partial charge in [-0.25, -0.2) is 4.79 Å². The molecule has 0 aliphatic carbocycles. The molecule has 0 saturated carbocycles. The van der Waals surface area contributed by atoms with Crippen molar-refractivity contribution in [1.29, 1.82) is 0 Å². The van der Waals surface area contributed by atoms with Crippen LogP contribution in [0, 0.1) is 5.92 Å². The Labute approximate surface area is 70.9 Å². The van der Waals surface area contributed by atoms with Crippen molar-refractivity contribution in [3.05, 3.63) is 0 Å². The first kappa shape index (κ1) is 10.8. The van der Waals surface area contributed by atoms with Gasteiger partial charge in [0.05, 0.1) is 0 Å². The lowest BCUT2D eigenvalue weighted by Crippen LogP contribution is -2.19. The molecule has 12 heavy (non-hydrogen) atoms. The fraction of sp³-hybridized carbons (Fsp3) is 0.625. The van der Waals surface area contributed by atoms with Crippen molar-refractivity contribution in [2.75, 3.05) is 0 Å². The van der Waals surface area contributed by atoms with Crippen LogP contribution in [0.25, 0.3) is 0 Å². The Hall–Kier alpha value is -1.19. The van der Waals surface area contributed by atoms with Crippen LogP contribution in [0.4, 0.5) is 0 Å². The van der Waals surface area contributed by atoms with E-state index >= 15 is 0 Å². The highest BCUT2D eigenvalue weighted by atomic mass is 16.6. The van der Waals surface area contributed by atoms with Crippen molar-refractivity contribution >= 4 is 17.7 Å². The van der Waals surface area contributed by atoms with Crippen LogP contribution in [0.15, 0.2) is 0 Å². The normalized spacial score (nSPS) is 9.67. The number of ether oxygens (including phenoxy) is 1. The third kappa shape index (κ3) is 4.60. The zero-order valence-electron chi connectivity index (χ0n) is 7.42. The van der Waals surface area contributed by atoms with Crippen LogP contribution in [0.2, 0.25) is 0 Å². The number of carbonyl (C=O) groups excluding carboxylic acids is 3. The number of rotatable bonds is 3. The zero-order chi connectivity index (χ0) is 9.72. The van der Waals surface area contributed by atoms with Gasteiger partial charge in [0.2, 0.25) is 5.78 Å². The van der Waals surface area contributed by atoms with E-state index in [0.717, 1.165) is 6.92 Å². The van der Waals surface area contributed by atoms with E-state index in [2.05, 4.69) is 4.74 Å². The van der Waals surface area contributed by atoms with Gasteiger partial charge in [0.25, 0.3) is 0 Å². The molecule has 0 rings (SSSR count). The number of hydrogen-bond acceptors (Lipinski definition) is 4. The van der Waals surface area contributed by atoms with Crippen molar-refractivity contribution < 1.29 is 19.1 Å². The first-order valence-electron chi connectivity index (χ1n) is 3.69. The van der Waals surface area contributed by atoms with Gasteiger partial charge in [-0.1, -0.05) is 13.8 Å². The molecule has 0 spiro atoms. The van der Waals surface area contributed by atoms with E-state index in [-0.39, 0.29) is 12.3 Å². The van der Waals surface area contributed by atoms with Crippen LogP contribution in [0.5, 0.6) is 0 Å². The van der Waals surface area contributed by atoms with Crippen LogP contribution in [0.1, 0.15) is 27.2 Å². The van der Waals surface area contributed by atoms with E-state index in [1.165, 1.54) is 0 Å². The molecule has 0 atom stereocenters. The number of carbonyl (C=O) groups is 3. The topological polar surface area (TPSA) is 60.4 Å². The lowest BCUT2D eigenvalue weighted by Gasteiger charge is -2.02. The lowest BCUT2D eigenvalue weighted by molar-refractivity contribution is -0.164. The van der Waals surface area contributed by atoms with Crippen LogP contribution in [0.3, 0.4) is 0 Å². The molecular weight excluding hydrogens is 160 g/mol. The molecule has 0 saturated heterocycles. The molecule has 0 N–H and O–H groups in total. The van der Waals surface area contributed by atoms with Gasteiger partial charge in [0, 0.05) is 13.3 Å². The Kier molecular flexibility index (Phi) is 4.18. The summed E-state index contributed by atoms with van der Waals surface area (Å²) in [6.07, 6.45) is 0.152. The summed E-state index contributed by atoms with van der Waals surface area (Å²) in [6, 6.07) is 0. The molecule has 68 valence electrons. The van der Waals surface area contributed by atoms with Crippen molar-refractivity contribution in [2.24, 2.45) is 5.92 Å². The molecule has 0 aliphatic heterocycles. The molecule has 0 radical (unpaired) electrons. The number of hydrogen-bond donors (Lipinski definition) is 0. The van der Waals surface area contributed by atoms with Crippen molar-refractivity contribution in [2.45, 2.75) is 27.2 Å². The van der Waals surface area contributed by atoms with Gasteiger partial charge >= 0.3 is 11.9 Å². The summed E-state index contributed by atoms with van der Waals surface area (Å²) in [6.45, 7) is 4.70. The second-order valence-corrected chi connectivity index (χ2v) is 2.92. The number of esters is 2. The van der Waals surface area contributed by atoms with Crippen LogP contribution in [-0.4, -0.2) is 17.7 Å². The molecule has 0 aromatic carbocycles. The third-order valence-electron chi connectivity index (χ3n) is 1.07. The summed E-state index contributed by atoms with van der Waals surface area (Å²) >= 11 is 0. The standard InChI is InChI=1S/C8H12O4/c1-5(2)4-7(10)12-8(11)6(3)9/h5H,4H2,1-3H3. The van der Waals surface area contributed by atoms with E-state index < -0.39 is 17.7 Å². The molecular formula is C8H12O4. The molecule has 0 aromatic rings. The van der Waals surface area contributed by atoms with E-state index in [4.69, 9.17) is 0 Å². The smallest absolute Gasteiger partial charge is 0.381 e. The average molecular weight is 172 g/mol. The second kappa shape index (κ2) is 4.64. The van der Waals surface area contributed by atoms with E-state index in [1.807, 2.05) is 13.8 Å². The van der Waals surface area contributed by atoms with Gasteiger partial charge in [-0.15, -0.1) is 0 Å².